The minimum Gasteiger partial charge on any atom is -0.495 e. The highest BCUT2D eigenvalue weighted by atomic mass is 19.4. The van der Waals surface area contributed by atoms with Crippen LogP contribution in [0.15, 0.2) is 66.7 Å². The van der Waals surface area contributed by atoms with Gasteiger partial charge in [0.2, 0.25) is 0 Å². The molecular formula is C28H28F3N3O2. The molecule has 0 bridgehead atoms. The number of carbonyl (C=O) groups is 1. The van der Waals surface area contributed by atoms with Crippen molar-refractivity contribution in [3.05, 3.63) is 89.0 Å². The molecule has 0 aromatic heterocycles. The number of hydrogen-bond donors (Lipinski definition) is 0. The maximum Gasteiger partial charge on any atom is 0.416 e. The fourth-order valence-corrected chi connectivity index (χ4v) is 5.36. The van der Waals surface area contributed by atoms with Crippen LogP contribution in [-0.4, -0.2) is 37.2 Å². The standard InChI is InChI=1S/C28H28F3N3O2/c1-19-8-7-13-25(36-2)26(19)32-15-14-22(18-32)33-17-21-10-4-6-12-24(21)34(27(33)35)16-20-9-3-5-11-23(20)28(29,30)31/h3-13,22H,14-18H2,1-2H3/t22-/m1/s1. The van der Waals surface area contributed by atoms with Gasteiger partial charge >= 0.3 is 12.2 Å². The third kappa shape index (κ3) is 4.36. The quantitative estimate of drug-likeness (QED) is 0.420. The Hall–Kier alpha value is -3.68. The first kappa shape index (κ1) is 24.0. The van der Waals surface area contributed by atoms with Crippen LogP contribution in [0.1, 0.15) is 28.7 Å². The van der Waals surface area contributed by atoms with Gasteiger partial charge in [-0.1, -0.05) is 48.5 Å². The van der Waals surface area contributed by atoms with E-state index >= 15 is 0 Å². The highest BCUT2D eigenvalue weighted by molar-refractivity contribution is 5.95. The zero-order valence-electron chi connectivity index (χ0n) is 20.3. The van der Waals surface area contributed by atoms with E-state index in [2.05, 4.69) is 4.90 Å². The lowest BCUT2D eigenvalue weighted by molar-refractivity contribution is -0.138. The molecule has 0 radical (unpaired) electrons. The molecular weight excluding hydrogens is 467 g/mol. The highest BCUT2D eigenvalue weighted by Gasteiger charge is 2.40. The average molecular weight is 496 g/mol. The van der Waals surface area contributed by atoms with E-state index in [1.54, 1.807) is 19.2 Å². The Morgan fingerprint density at radius 3 is 2.53 bits per heavy atom. The summed E-state index contributed by atoms with van der Waals surface area (Å²) in [6.07, 6.45) is -3.73. The number of nitrogens with zero attached hydrogens (tertiary/aromatic N) is 3. The number of alkyl halides is 3. The number of fused-ring (bicyclic) bond motifs is 1. The summed E-state index contributed by atoms with van der Waals surface area (Å²) in [5, 5.41) is 0. The van der Waals surface area contributed by atoms with Gasteiger partial charge in [-0.2, -0.15) is 13.2 Å². The van der Waals surface area contributed by atoms with Crippen LogP contribution < -0.4 is 14.5 Å². The van der Waals surface area contributed by atoms with Crippen LogP contribution in [0.4, 0.5) is 29.3 Å². The molecule has 0 unspecified atom stereocenters. The number of methoxy groups -OCH3 is 1. The van der Waals surface area contributed by atoms with Crippen molar-refractivity contribution >= 4 is 17.4 Å². The van der Waals surface area contributed by atoms with E-state index in [9.17, 15) is 18.0 Å². The monoisotopic (exact) mass is 495 g/mol. The summed E-state index contributed by atoms with van der Waals surface area (Å²) in [5.74, 6) is 0.788. The predicted molar refractivity (Wildman–Crippen MR) is 133 cm³/mol. The highest BCUT2D eigenvalue weighted by Crippen LogP contribution is 2.38. The lowest BCUT2D eigenvalue weighted by Gasteiger charge is -2.40. The van der Waals surface area contributed by atoms with E-state index in [1.165, 1.54) is 17.0 Å². The Morgan fingerprint density at radius 2 is 1.75 bits per heavy atom. The van der Waals surface area contributed by atoms with Crippen LogP contribution in [0.5, 0.6) is 5.75 Å². The first-order valence-corrected chi connectivity index (χ1v) is 12.0. The van der Waals surface area contributed by atoms with Crippen molar-refractivity contribution in [2.75, 3.05) is 30.0 Å². The van der Waals surface area contributed by atoms with Crippen molar-refractivity contribution in [3.63, 3.8) is 0 Å². The molecule has 5 rings (SSSR count). The van der Waals surface area contributed by atoms with Gasteiger partial charge in [0.05, 0.1) is 36.6 Å². The Bertz CT molecular complexity index is 1280. The molecule has 0 spiro atoms. The molecule has 36 heavy (non-hydrogen) atoms. The topological polar surface area (TPSA) is 36.0 Å². The van der Waals surface area contributed by atoms with Crippen molar-refractivity contribution in [2.45, 2.75) is 38.7 Å². The third-order valence-corrected chi connectivity index (χ3v) is 7.09. The first-order chi connectivity index (χ1) is 17.3. The smallest absolute Gasteiger partial charge is 0.416 e. The number of hydrogen-bond acceptors (Lipinski definition) is 3. The number of aryl methyl sites for hydroxylation is 1. The van der Waals surface area contributed by atoms with E-state index < -0.39 is 11.7 Å². The van der Waals surface area contributed by atoms with Crippen LogP contribution in [-0.2, 0) is 19.3 Å². The summed E-state index contributed by atoms with van der Waals surface area (Å²) in [5.41, 5.74) is 3.05. The molecule has 0 saturated carbocycles. The zero-order valence-corrected chi connectivity index (χ0v) is 20.3. The molecule has 2 amide bonds. The minimum atomic E-state index is -4.49. The van der Waals surface area contributed by atoms with E-state index in [4.69, 9.17) is 4.74 Å². The summed E-state index contributed by atoms with van der Waals surface area (Å²) >= 11 is 0. The molecule has 1 fully saturated rings. The normalized spacial score (nSPS) is 18.0. The molecule has 2 aliphatic heterocycles. The molecule has 0 aliphatic carbocycles. The van der Waals surface area contributed by atoms with Gasteiger partial charge in [0.15, 0.2) is 0 Å². The Labute approximate surface area is 208 Å². The van der Waals surface area contributed by atoms with Crippen LogP contribution in [0.2, 0.25) is 0 Å². The summed E-state index contributed by atoms with van der Waals surface area (Å²) in [6.45, 7) is 3.70. The molecule has 3 aromatic rings. The van der Waals surface area contributed by atoms with Gasteiger partial charge in [0.25, 0.3) is 0 Å². The van der Waals surface area contributed by atoms with Gasteiger partial charge in [-0.3, -0.25) is 4.90 Å². The molecule has 5 nitrogen and oxygen atoms in total. The van der Waals surface area contributed by atoms with Crippen molar-refractivity contribution in [1.29, 1.82) is 0 Å². The van der Waals surface area contributed by atoms with Crippen LogP contribution in [0.3, 0.4) is 0 Å². The van der Waals surface area contributed by atoms with Crippen molar-refractivity contribution in [2.24, 2.45) is 0 Å². The molecule has 3 aromatic carbocycles. The molecule has 0 N–H and O–H groups in total. The van der Waals surface area contributed by atoms with E-state index in [0.29, 0.717) is 18.8 Å². The van der Waals surface area contributed by atoms with Crippen LogP contribution >= 0.6 is 0 Å². The number of urea groups is 1. The summed E-state index contributed by atoms with van der Waals surface area (Å²) < 4.78 is 46.6. The second-order valence-corrected chi connectivity index (χ2v) is 9.29. The molecule has 1 saturated heterocycles. The van der Waals surface area contributed by atoms with E-state index in [0.717, 1.165) is 41.6 Å². The fraction of sp³-hybridized carbons (Fsp3) is 0.321. The number of amides is 2. The Morgan fingerprint density at radius 1 is 1.00 bits per heavy atom. The van der Waals surface area contributed by atoms with Crippen LogP contribution in [0, 0.1) is 6.92 Å². The lowest BCUT2D eigenvalue weighted by atomic mass is 10.0. The third-order valence-electron chi connectivity index (χ3n) is 7.09. The summed E-state index contributed by atoms with van der Waals surface area (Å²) in [7, 11) is 1.65. The van der Waals surface area contributed by atoms with Crippen molar-refractivity contribution in [1.82, 2.24) is 4.90 Å². The molecule has 2 heterocycles. The number of benzene rings is 3. The number of ether oxygens (including phenoxy) is 1. The van der Waals surface area contributed by atoms with Gasteiger partial charge < -0.3 is 14.5 Å². The second-order valence-electron chi connectivity index (χ2n) is 9.29. The SMILES string of the molecule is COc1cccc(C)c1N1CC[C@@H](N2Cc3ccccc3N(Cc3ccccc3C(F)(F)F)C2=O)C1. The fourth-order valence-electron chi connectivity index (χ4n) is 5.36. The van der Waals surface area contributed by atoms with Gasteiger partial charge in [-0.05, 0) is 48.2 Å². The summed E-state index contributed by atoms with van der Waals surface area (Å²) in [4.78, 5) is 19.3. The number of anilines is 2. The average Bonchev–Trinajstić information content (AvgIpc) is 3.34. The largest absolute Gasteiger partial charge is 0.495 e. The number of halogens is 3. The van der Waals surface area contributed by atoms with Crippen LogP contribution in [0.25, 0.3) is 0 Å². The second kappa shape index (κ2) is 9.41. The summed E-state index contributed by atoms with van der Waals surface area (Å²) in [6, 6.07) is 18.5. The molecule has 2 aliphatic rings. The number of para-hydroxylation sites is 2. The number of rotatable bonds is 5. The number of carbonyl (C=O) groups excluding carboxylic acids is 1. The molecule has 1 atom stereocenters. The van der Waals surface area contributed by atoms with Gasteiger partial charge in [0, 0.05) is 19.6 Å². The van der Waals surface area contributed by atoms with Gasteiger partial charge in [-0.25, -0.2) is 4.79 Å². The maximum absolute atomic E-state index is 13.8. The van der Waals surface area contributed by atoms with Crippen molar-refractivity contribution in [3.8, 4) is 5.75 Å². The Balaban J connectivity index is 1.45. The van der Waals surface area contributed by atoms with E-state index in [-0.39, 0.29) is 24.2 Å². The maximum atomic E-state index is 13.8. The first-order valence-electron chi connectivity index (χ1n) is 12.0. The lowest BCUT2D eigenvalue weighted by Crippen LogP contribution is -2.52. The minimum absolute atomic E-state index is 0.0736. The van der Waals surface area contributed by atoms with Crippen molar-refractivity contribution < 1.29 is 22.7 Å². The molecule has 8 heteroatoms. The Kier molecular flexibility index (Phi) is 6.28. The van der Waals surface area contributed by atoms with Gasteiger partial charge in [0.1, 0.15) is 5.75 Å². The predicted octanol–water partition coefficient (Wildman–Crippen LogP) is 6.24. The van der Waals surface area contributed by atoms with E-state index in [1.807, 2.05) is 48.2 Å². The zero-order chi connectivity index (χ0) is 25.4. The molecule has 188 valence electrons. The van der Waals surface area contributed by atoms with Gasteiger partial charge in [-0.15, -0.1) is 0 Å².